The van der Waals surface area contributed by atoms with Gasteiger partial charge in [0.15, 0.2) is 5.17 Å². The summed E-state index contributed by atoms with van der Waals surface area (Å²) in [5.74, 6) is 0. The van der Waals surface area contributed by atoms with Gasteiger partial charge >= 0.3 is 0 Å². The van der Waals surface area contributed by atoms with Crippen LogP contribution in [0.15, 0.2) is 0 Å². The first kappa shape index (κ1) is 11.8. The maximum absolute atomic E-state index is 8.64. The summed E-state index contributed by atoms with van der Waals surface area (Å²) in [5, 5.41) is 18.5. The van der Waals surface area contributed by atoms with Crippen LogP contribution < -0.4 is 5.32 Å². The van der Waals surface area contributed by atoms with Gasteiger partial charge in [-0.15, -0.1) is 12.4 Å². The van der Waals surface area contributed by atoms with Crippen molar-refractivity contribution in [3.8, 4) is 0 Å². The third-order valence-electron chi connectivity index (χ3n) is 0.515. The van der Waals surface area contributed by atoms with Crippen LogP contribution in [0.3, 0.4) is 0 Å². The largest absolute Gasteiger partial charge is 0.382 e. The third kappa shape index (κ3) is 8.07. The Bertz CT molecular complexity index is 88.6. The molecule has 0 rings (SSSR count). The lowest BCUT2D eigenvalue weighted by atomic mass is 10.9. The molecule has 0 saturated carbocycles. The fourth-order valence-corrected chi connectivity index (χ4v) is 0.688. The molecular formula is C4H11ClN2OS. The maximum atomic E-state index is 8.64. The van der Waals surface area contributed by atoms with Crippen LogP contribution >= 0.6 is 24.2 Å². The second kappa shape index (κ2) is 6.19. The van der Waals surface area contributed by atoms with E-state index in [2.05, 4.69) is 5.32 Å². The highest BCUT2D eigenvalue weighted by atomic mass is 35.5. The van der Waals surface area contributed by atoms with Gasteiger partial charge < -0.3 is 10.4 Å². The van der Waals surface area contributed by atoms with Gasteiger partial charge in [-0.1, -0.05) is 11.8 Å². The summed E-state index contributed by atoms with van der Waals surface area (Å²) in [7, 11) is 1.65. The Balaban J connectivity index is 0. The minimum atomic E-state index is -0.491. The van der Waals surface area contributed by atoms with E-state index in [-0.39, 0.29) is 12.4 Å². The maximum Gasteiger partial charge on any atom is 0.155 e. The van der Waals surface area contributed by atoms with Crippen molar-refractivity contribution in [3.05, 3.63) is 0 Å². The molecule has 56 valence electrons. The van der Waals surface area contributed by atoms with E-state index in [1.807, 2.05) is 0 Å². The van der Waals surface area contributed by atoms with E-state index in [1.54, 1.807) is 14.0 Å². The van der Waals surface area contributed by atoms with E-state index in [4.69, 9.17) is 10.5 Å². The van der Waals surface area contributed by atoms with Crippen molar-refractivity contribution in [2.45, 2.75) is 12.4 Å². The number of amidine groups is 1. The fraction of sp³-hybridized carbons (Fsp3) is 0.750. The Hall–Kier alpha value is 0.0700. The van der Waals surface area contributed by atoms with Crippen molar-refractivity contribution < 1.29 is 5.11 Å². The van der Waals surface area contributed by atoms with Gasteiger partial charge in [0.1, 0.15) is 5.44 Å². The molecule has 0 saturated heterocycles. The van der Waals surface area contributed by atoms with Gasteiger partial charge in [0.2, 0.25) is 0 Å². The topological polar surface area (TPSA) is 56.1 Å². The number of halogens is 1. The lowest BCUT2D eigenvalue weighted by molar-refractivity contribution is 0.285. The SMILES string of the molecule is CNC(=N)SC(C)O.Cl. The molecule has 0 aliphatic carbocycles. The molecular weight excluding hydrogens is 160 g/mol. The summed E-state index contributed by atoms with van der Waals surface area (Å²) in [6.07, 6.45) is 0. The highest BCUT2D eigenvalue weighted by Gasteiger charge is 1.97. The van der Waals surface area contributed by atoms with Gasteiger partial charge in [-0.2, -0.15) is 0 Å². The van der Waals surface area contributed by atoms with Gasteiger partial charge in [-0.3, -0.25) is 5.41 Å². The van der Waals surface area contributed by atoms with Gasteiger partial charge in [0.05, 0.1) is 0 Å². The van der Waals surface area contributed by atoms with Crippen molar-refractivity contribution >= 4 is 29.3 Å². The molecule has 0 aromatic carbocycles. The molecule has 1 atom stereocenters. The van der Waals surface area contributed by atoms with E-state index in [0.717, 1.165) is 11.8 Å². The first-order valence-corrected chi connectivity index (χ1v) is 3.16. The molecule has 1 unspecified atom stereocenters. The Kier molecular flexibility index (Phi) is 8.13. The average molecular weight is 171 g/mol. The zero-order valence-electron chi connectivity index (χ0n) is 5.34. The molecule has 0 aliphatic rings. The Labute approximate surface area is 65.1 Å². The molecule has 0 amide bonds. The zero-order valence-corrected chi connectivity index (χ0v) is 6.97. The van der Waals surface area contributed by atoms with Crippen LogP contribution in [0, 0.1) is 5.41 Å². The molecule has 0 aliphatic heterocycles. The minimum absolute atomic E-state index is 0. The molecule has 5 heteroatoms. The summed E-state index contributed by atoms with van der Waals surface area (Å²) < 4.78 is 0. The van der Waals surface area contributed by atoms with Crippen LogP contribution in [0.5, 0.6) is 0 Å². The molecule has 0 heterocycles. The standard InChI is InChI=1S/C4H10N2OS.ClH/c1-3(7)8-4(5)6-2;/h3,7H,1-2H3,(H2,5,6);1H. The summed E-state index contributed by atoms with van der Waals surface area (Å²) in [6, 6.07) is 0. The number of aliphatic hydroxyl groups excluding tert-OH is 1. The van der Waals surface area contributed by atoms with Gasteiger partial charge in [0, 0.05) is 7.05 Å². The predicted octanol–water partition coefficient (Wildman–Crippen LogP) is 0.634. The number of aliphatic hydroxyl groups is 1. The first-order valence-electron chi connectivity index (χ1n) is 2.28. The number of rotatable bonds is 1. The van der Waals surface area contributed by atoms with Crippen LogP contribution in [-0.2, 0) is 0 Å². The van der Waals surface area contributed by atoms with E-state index in [9.17, 15) is 0 Å². The zero-order chi connectivity index (χ0) is 6.57. The second-order valence-electron chi connectivity index (χ2n) is 1.30. The molecule has 0 fully saturated rings. The van der Waals surface area contributed by atoms with E-state index < -0.39 is 5.44 Å². The van der Waals surface area contributed by atoms with E-state index >= 15 is 0 Å². The molecule has 0 radical (unpaired) electrons. The molecule has 9 heavy (non-hydrogen) atoms. The Morgan fingerprint density at radius 3 is 2.33 bits per heavy atom. The quantitative estimate of drug-likeness (QED) is 0.308. The summed E-state index contributed by atoms with van der Waals surface area (Å²) in [4.78, 5) is 0. The van der Waals surface area contributed by atoms with Crippen LogP contribution in [0.25, 0.3) is 0 Å². The molecule has 0 bridgehead atoms. The second-order valence-corrected chi connectivity index (χ2v) is 2.62. The number of thioether (sulfide) groups is 1. The summed E-state index contributed by atoms with van der Waals surface area (Å²) in [6.45, 7) is 1.62. The molecule has 0 aromatic rings. The molecule has 3 N–H and O–H groups in total. The van der Waals surface area contributed by atoms with Gasteiger partial charge in [-0.05, 0) is 6.92 Å². The molecule has 0 spiro atoms. The van der Waals surface area contributed by atoms with Crippen LogP contribution in [0.1, 0.15) is 6.92 Å². The third-order valence-corrected chi connectivity index (χ3v) is 1.30. The van der Waals surface area contributed by atoms with Gasteiger partial charge in [0.25, 0.3) is 0 Å². The van der Waals surface area contributed by atoms with Crippen molar-refractivity contribution in [3.63, 3.8) is 0 Å². The molecule has 0 aromatic heterocycles. The number of nitrogens with one attached hydrogen (secondary N) is 2. The van der Waals surface area contributed by atoms with Crippen molar-refractivity contribution in [1.29, 1.82) is 5.41 Å². The van der Waals surface area contributed by atoms with Crippen molar-refractivity contribution in [2.24, 2.45) is 0 Å². The first-order chi connectivity index (χ1) is 3.66. The van der Waals surface area contributed by atoms with Crippen LogP contribution in [0.4, 0.5) is 0 Å². The predicted molar refractivity (Wildman–Crippen MR) is 43.3 cm³/mol. The number of hydrogen-bond donors (Lipinski definition) is 3. The lowest BCUT2D eigenvalue weighted by Gasteiger charge is -2.02. The van der Waals surface area contributed by atoms with Crippen molar-refractivity contribution in [1.82, 2.24) is 5.32 Å². The smallest absolute Gasteiger partial charge is 0.155 e. The van der Waals surface area contributed by atoms with Crippen LogP contribution in [-0.4, -0.2) is 22.8 Å². The highest BCUT2D eigenvalue weighted by Crippen LogP contribution is 2.04. The summed E-state index contributed by atoms with van der Waals surface area (Å²) >= 11 is 1.08. The van der Waals surface area contributed by atoms with E-state index in [1.165, 1.54) is 0 Å². The molecule has 3 nitrogen and oxygen atoms in total. The highest BCUT2D eigenvalue weighted by molar-refractivity contribution is 8.14. The van der Waals surface area contributed by atoms with Crippen LogP contribution in [0.2, 0.25) is 0 Å². The fourth-order valence-electron chi connectivity index (χ4n) is 0.229. The number of hydrogen-bond acceptors (Lipinski definition) is 3. The van der Waals surface area contributed by atoms with Crippen molar-refractivity contribution in [2.75, 3.05) is 7.05 Å². The Morgan fingerprint density at radius 1 is 1.78 bits per heavy atom. The minimum Gasteiger partial charge on any atom is -0.382 e. The Morgan fingerprint density at radius 2 is 2.22 bits per heavy atom. The normalized spacial score (nSPS) is 11.4. The average Bonchev–Trinajstić information content (AvgIpc) is 1.65. The summed E-state index contributed by atoms with van der Waals surface area (Å²) in [5.41, 5.74) is -0.491. The van der Waals surface area contributed by atoms with E-state index in [0.29, 0.717) is 5.17 Å². The lowest BCUT2D eigenvalue weighted by Crippen LogP contribution is -2.15. The monoisotopic (exact) mass is 170 g/mol. The van der Waals surface area contributed by atoms with Gasteiger partial charge in [-0.25, -0.2) is 0 Å².